The molecule has 0 bridgehead atoms. The SMILES string of the molecule is O=C(c1ccc(O)cc1)c1ccc2c(c1)-c1ccccc1S2(Br)c1ccc(O)c(I)c1. The van der Waals surface area contributed by atoms with Gasteiger partial charge in [-0.05, 0) is 115 Å². The third-order valence-electron chi connectivity index (χ3n) is 5.40. The maximum absolute atomic E-state index is 13.1. The lowest BCUT2D eigenvalue weighted by molar-refractivity contribution is 0.103. The van der Waals surface area contributed by atoms with E-state index in [1.165, 1.54) is 17.0 Å². The van der Waals surface area contributed by atoms with Gasteiger partial charge in [0.2, 0.25) is 0 Å². The summed E-state index contributed by atoms with van der Waals surface area (Å²) in [6.07, 6.45) is 0. The van der Waals surface area contributed by atoms with E-state index in [9.17, 15) is 15.0 Å². The van der Waals surface area contributed by atoms with Gasteiger partial charge in [0, 0.05) is 25.8 Å². The Morgan fingerprint density at radius 2 is 1.45 bits per heavy atom. The van der Waals surface area contributed by atoms with E-state index in [0.717, 1.165) is 24.5 Å². The number of rotatable bonds is 3. The summed E-state index contributed by atoms with van der Waals surface area (Å²) in [6, 6.07) is 26.1. The highest BCUT2D eigenvalue weighted by molar-refractivity contribution is 14.1. The number of phenolic OH excluding ortho intramolecular Hbond substituents is 2. The minimum atomic E-state index is -1.70. The highest BCUT2D eigenvalue weighted by Gasteiger charge is 2.39. The molecule has 0 radical (unpaired) electrons. The largest absolute Gasteiger partial charge is 0.508 e. The Balaban J connectivity index is 1.69. The molecule has 4 aromatic rings. The van der Waals surface area contributed by atoms with Gasteiger partial charge in [-0.25, -0.2) is 0 Å². The fourth-order valence-corrected chi connectivity index (χ4v) is 9.66. The van der Waals surface area contributed by atoms with Crippen molar-refractivity contribution in [1.29, 1.82) is 0 Å². The van der Waals surface area contributed by atoms with Crippen molar-refractivity contribution < 1.29 is 15.0 Å². The summed E-state index contributed by atoms with van der Waals surface area (Å²) < 4.78 is 0.798. The summed E-state index contributed by atoms with van der Waals surface area (Å²) in [7, 11) is -1.70. The van der Waals surface area contributed by atoms with Crippen molar-refractivity contribution >= 4 is 51.6 Å². The molecule has 1 unspecified atom stereocenters. The number of halogens is 2. The molecule has 0 saturated carbocycles. The van der Waals surface area contributed by atoms with Crippen LogP contribution in [0.25, 0.3) is 11.1 Å². The van der Waals surface area contributed by atoms with Crippen LogP contribution in [0.4, 0.5) is 0 Å². The number of ketones is 1. The van der Waals surface area contributed by atoms with Gasteiger partial charge in [-0.1, -0.05) is 26.7 Å². The average molecular weight is 603 g/mol. The molecule has 1 aliphatic rings. The maximum atomic E-state index is 13.1. The Morgan fingerprint density at radius 3 is 2.19 bits per heavy atom. The molecule has 0 aliphatic carbocycles. The topological polar surface area (TPSA) is 57.5 Å². The summed E-state index contributed by atoms with van der Waals surface area (Å²) in [5, 5.41) is 19.5. The summed E-state index contributed by atoms with van der Waals surface area (Å²) in [5.41, 5.74) is 3.29. The number of aromatic hydroxyl groups is 2. The van der Waals surface area contributed by atoms with Gasteiger partial charge in [-0.15, -0.1) is 0 Å². The van der Waals surface area contributed by atoms with Crippen LogP contribution in [-0.2, 0) is 0 Å². The second-order valence-corrected chi connectivity index (χ2v) is 13.7. The third kappa shape index (κ3) is 3.28. The number of phenols is 2. The van der Waals surface area contributed by atoms with Crippen molar-refractivity contribution in [3.05, 3.63) is 99.6 Å². The van der Waals surface area contributed by atoms with Gasteiger partial charge in [0.25, 0.3) is 0 Å². The normalized spacial score (nSPS) is 18.6. The Hall–Kier alpha value is -2.29. The van der Waals surface area contributed by atoms with Gasteiger partial charge in [0.05, 0.1) is 3.57 Å². The van der Waals surface area contributed by atoms with Crippen LogP contribution in [0, 0.1) is 3.57 Å². The van der Waals surface area contributed by atoms with Gasteiger partial charge in [-0.3, -0.25) is 4.79 Å². The van der Waals surface area contributed by atoms with Crippen molar-refractivity contribution in [2.24, 2.45) is 0 Å². The molecule has 3 nitrogen and oxygen atoms in total. The molecule has 1 heterocycles. The smallest absolute Gasteiger partial charge is 0.193 e. The molecule has 1 aliphatic heterocycles. The number of hydrogen-bond donors (Lipinski definition) is 2. The predicted octanol–water partition coefficient (Wildman–Crippen LogP) is 7.51. The van der Waals surface area contributed by atoms with Crippen molar-refractivity contribution in [2.75, 3.05) is 0 Å². The van der Waals surface area contributed by atoms with Crippen LogP contribution in [0.15, 0.2) is 99.6 Å². The molecule has 0 saturated heterocycles. The standard InChI is InChI=1S/C25H16BrIO3S/c26-31(18-10-11-22(29)21(27)14-18)23-4-2-1-3-19(23)20-13-16(7-12-24(20)31)25(30)15-5-8-17(28)9-6-15/h1-14,28-29H. The van der Waals surface area contributed by atoms with Crippen molar-refractivity contribution in [3.8, 4) is 22.6 Å². The second kappa shape index (κ2) is 7.69. The first-order valence-corrected chi connectivity index (χ1v) is 14.0. The van der Waals surface area contributed by atoms with Crippen LogP contribution >= 0.6 is 45.9 Å². The number of carbonyl (C=O) groups excluding carboxylic acids is 1. The molecular formula is C25H16BrIO3S. The van der Waals surface area contributed by atoms with Crippen molar-refractivity contribution in [2.45, 2.75) is 14.7 Å². The van der Waals surface area contributed by atoms with E-state index in [-0.39, 0.29) is 17.3 Å². The minimum absolute atomic E-state index is 0.0819. The second-order valence-electron chi connectivity index (χ2n) is 7.23. The molecular weight excluding hydrogens is 587 g/mol. The zero-order valence-corrected chi connectivity index (χ0v) is 20.6. The Bertz CT molecular complexity index is 1350. The van der Waals surface area contributed by atoms with E-state index in [4.69, 9.17) is 0 Å². The molecule has 1 atom stereocenters. The zero-order valence-electron chi connectivity index (χ0n) is 16.0. The number of benzene rings is 4. The van der Waals surface area contributed by atoms with Gasteiger partial charge in [0.15, 0.2) is 5.78 Å². The lowest BCUT2D eigenvalue weighted by Crippen LogP contribution is -2.01. The van der Waals surface area contributed by atoms with Crippen LogP contribution in [0.1, 0.15) is 15.9 Å². The van der Waals surface area contributed by atoms with E-state index in [0.29, 0.717) is 11.1 Å². The van der Waals surface area contributed by atoms with Gasteiger partial charge < -0.3 is 10.2 Å². The van der Waals surface area contributed by atoms with Crippen LogP contribution in [-0.4, -0.2) is 16.0 Å². The third-order valence-corrected chi connectivity index (χ3v) is 12.3. The lowest BCUT2D eigenvalue weighted by atomic mass is 9.98. The van der Waals surface area contributed by atoms with Crippen molar-refractivity contribution in [3.63, 3.8) is 0 Å². The van der Waals surface area contributed by atoms with Crippen LogP contribution in [0.3, 0.4) is 0 Å². The molecule has 5 rings (SSSR count). The van der Waals surface area contributed by atoms with Gasteiger partial charge in [-0.2, -0.15) is 0 Å². The number of fused-ring (bicyclic) bond motifs is 3. The fraction of sp³-hybridized carbons (Fsp3) is 0. The maximum Gasteiger partial charge on any atom is 0.193 e. The zero-order chi connectivity index (χ0) is 21.8. The summed E-state index contributed by atoms with van der Waals surface area (Å²) in [4.78, 5) is 16.5. The number of hydrogen-bond acceptors (Lipinski definition) is 3. The lowest BCUT2D eigenvalue weighted by Gasteiger charge is -2.31. The molecule has 0 amide bonds. The molecule has 0 fully saturated rings. The van der Waals surface area contributed by atoms with Crippen LogP contribution in [0.5, 0.6) is 11.5 Å². The van der Waals surface area contributed by atoms with Crippen LogP contribution in [0.2, 0.25) is 0 Å². The molecule has 4 aromatic carbocycles. The molecule has 154 valence electrons. The van der Waals surface area contributed by atoms with Crippen LogP contribution < -0.4 is 0 Å². The fourth-order valence-electron chi connectivity index (χ4n) is 3.88. The quantitative estimate of drug-likeness (QED) is 0.188. The Morgan fingerprint density at radius 1 is 0.774 bits per heavy atom. The predicted molar refractivity (Wildman–Crippen MR) is 136 cm³/mol. The van der Waals surface area contributed by atoms with E-state index < -0.39 is 8.46 Å². The van der Waals surface area contributed by atoms with Gasteiger partial charge in [0.1, 0.15) is 11.5 Å². The van der Waals surface area contributed by atoms with Gasteiger partial charge >= 0.3 is 0 Å². The Labute approximate surface area is 202 Å². The minimum Gasteiger partial charge on any atom is -0.508 e. The summed E-state index contributed by atoms with van der Waals surface area (Å²) >= 11 is 6.26. The van der Waals surface area contributed by atoms with E-state index in [1.54, 1.807) is 18.2 Å². The monoisotopic (exact) mass is 602 g/mol. The molecule has 2 N–H and O–H groups in total. The molecule has 6 heteroatoms. The average Bonchev–Trinajstić information content (AvgIpc) is 3.05. The molecule has 0 aromatic heterocycles. The highest BCUT2D eigenvalue weighted by Crippen LogP contribution is 2.80. The number of carbonyl (C=O) groups is 1. The van der Waals surface area contributed by atoms with E-state index >= 15 is 0 Å². The first kappa shape index (κ1) is 20.6. The van der Waals surface area contributed by atoms with E-state index in [1.807, 2.05) is 42.5 Å². The Kier molecular flexibility index (Phi) is 5.11. The first-order valence-electron chi connectivity index (χ1n) is 9.48. The summed E-state index contributed by atoms with van der Waals surface area (Å²) in [6.45, 7) is 0. The highest BCUT2D eigenvalue weighted by atomic mass is 127. The summed E-state index contributed by atoms with van der Waals surface area (Å²) in [5.74, 6) is 0.318. The molecule has 0 spiro atoms. The van der Waals surface area contributed by atoms with E-state index in [2.05, 4.69) is 49.5 Å². The molecule has 31 heavy (non-hydrogen) atoms. The van der Waals surface area contributed by atoms with Crippen molar-refractivity contribution in [1.82, 2.24) is 0 Å². The first-order chi connectivity index (χ1) is 14.9.